The van der Waals surface area contributed by atoms with Crippen molar-refractivity contribution < 1.29 is 9.59 Å². The summed E-state index contributed by atoms with van der Waals surface area (Å²) in [6.45, 7) is 5.82. The molecule has 1 heterocycles. The van der Waals surface area contributed by atoms with Crippen LogP contribution in [0.15, 0.2) is 12.7 Å². The van der Waals surface area contributed by atoms with Gasteiger partial charge in [-0.15, -0.1) is 6.58 Å². The molecular formula is C11H16N2O2. The molecule has 0 radical (unpaired) electrons. The topological polar surface area (TPSA) is 49.4 Å². The SMILES string of the molecule is C=CCN1C(=O)C(C)NC(=O)C1C1CC1. The molecule has 0 aromatic heterocycles. The Morgan fingerprint density at radius 3 is 2.73 bits per heavy atom. The number of hydrogen-bond acceptors (Lipinski definition) is 2. The van der Waals surface area contributed by atoms with Crippen LogP contribution in [-0.4, -0.2) is 35.3 Å². The minimum absolute atomic E-state index is 0.00593. The van der Waals surface area contributed by atoms with Gasteiger partial charge in [0.15, 0.2) is 0 Å². The number of amides is 2. The van der Waals surface area contributed by atoms with Crippen LogP contribution in [0.4, 0.5) is 0 Å². The van der Waals surface area contributed by atoms with E-state index in [0.29, 0.717) is 12.5 Å². The molecule has 0 aromatic rings. The third kappa shape index (κ3) is 1.76. The number of nitrogens with zero attached hydrogens (tertiary/aromatic N) is 1. The van der Waals surface area contributed by atoms with Gasteiger partial charge in [0.1, 0.15) is 12.1 Å². The molecule has 2 rings (SSSR count). The Kier molecular flexibility index (Phi) is 2.50. The van der Waals surface area contributed by atoms with Crippen molar-refractivity contribution in [1.82, 2.24) is 10.2 Å². The molecule has 0 aromatic carbocycles. The van der Waals surface area contributed by atoms with Gasteiger partial charge in [-0.1, -0.05) is 6.08 Å². The summed E-state index contributed by atoms with van der Waals surface area (Å²) in [7, 11) is 0. The second-order valence-corrected chi connectivity index (χ2v) is 4.29. The number of carbonyl (C=O) groups excluding carboxylic acids is 2. The molecule has 2 amide bonds. The molecule has 82 valence electrons. The third-order valence-electron chi connectivity index (χ3n) is 3.01. The molecule has 2 fully saturated rings. The minimum atomic E-state index is -0.396. The first-order chi connectivity index (χ1) is 7.15. The maximum Gasteiger partial charge on any atom is 0.245 e. The molecular weight excluding hydrogens is 192 g/mol. The fourth-order valence-corrected chi connectivity index (χ4v) is 2.11. The Balaban J connectivity index is 2.20. The van der Waals surface area contributed by atoms with Crippen molar-refractivity contribution in [2.24, 2.45) is 5.92 Å². The zero-order valence-electron chi connectivity index (χ0n) is 8.90. The number of carbonyl (C=O) groups is 2. The van der Waals surface area contributed by atoms with Crippen molar-refractivity contribution in [2.45, 2.75) is 31.8 Å². The second kappa shape index (κ2) is 3.68. The van der Waals surface area contributed by atoms with E-state index in [1.807, 2.05) is 0 Å². The Hall–Kier alpha value is -1.32. The van der Waals surface area contributed by atoms with Gasteiger partial charge >= 0.3 is 0 Å². The van der Waals surface area contributed by atoms with Gasteiger partial charge in [-0.2, -0.15) is 0 Å². The van der Waals surface area contributed by atoms with Crippen molar-refractivity contribution in [3.63, 3.8) is 0 Å². The predicted octanol–water partition coefficient (Wildman–Crippen LogP) is 0.298. The monoisotopic (exact) mass is 208 g/mol. The number of hydrogen-bond donors (Lipinski definition) is 1. The summed E-state index contributed by atoms with van der Waals surface area (Å²) in [4.78, 5) is 25.3. The van der Waals surface area contributed by atoms with Gasteiger partial charge in [-0.3, -0.25) is 9.59 Å². The highest BCUT2D eigenvalue weighted by Crippen LogP contribution is 2.36. The summed E-state index contributed by atoms with van der Waals surface area (Å²) in [5, 5.41) is 2.72. The molecule has 1 N–H and O–H groups in total. The van der Waals surface area contributed by atoms with E-state index in [-0.39, 0.29) is 17.9 Å². The molecule has 1 aliphatic carbocycles. The molecule has 2 aliphatic rings. The van der Waals surface area contributed by atoms with Crippen LogP contribution in [0.2, 0.25) is 0 Å². The van der Waals surface area contributed by atoms with E-state index in [4.69, 9.17) is 0 Å². The van der Waals surface area contributed by atoms with E-state index < -0.39 is 6.04 Å². The highest BCUT2D eigenvalue weighted by atomic mass is 16.2. The third-order valence-corrected chi connectivity index (χ3v) is 3.01. The smallest absolute Gasteiger partial charge is 0.245 e. The average Bonchev–Trinajstić information content (AvgIpc) is 2.98. The van der Waals surface area contributed by atoms with Crippen molar-refractivity contribution >= 4 is 11.8 Å². The highest BCUT2D eigenvalue weighted by Gasteiger charge is 2.46. The summed E-state index contributed by atoms with van der Waals surface area (Å²) in [6.07, 6.45) is 3.78. The molecule has 1 saturated heterocycles. The van der Waals surface area contributed by atoms with Gasteiger partial charge in [-0.05, 0) is 25.7 Å². The van der Waals surface area contributed by atoms with Gasteiger partial charge in [-0.25, -0.2) is 0 Å². The molecule has 0 bridgehead atoms. The molecule has 4 heteroatoms. The normalized spacial score (nSPS) is 31.4. The van der Waals surface area contributed by atoms with Crippen molar-refractivity contribution in [3.8, 4) is 0 Å². The summed E-state index contributed by atoms with van der Waals surface area (Å²) in [5.41, 5.74) is 0. The van der Waals surface area contributed by atoms with E-state index in [2.05, 4.69) is 11.9 Å². The molecule has 1 saturated carbocycles. The molecule has 4 nitrogen and oxygen atoms in total. The van der Waals surface area contributed by atoms with Crippen LogP contribution in [0.1, 0.15) is 19.8 Å². The summed E-state index contributed by atoms with van der Waals surface area (Å²) in [6, 6.07) is -0.654. The van der Waals surface area contributed by atoms with Crippen molar-refractivity contribution in [3.05, 3.63) is 12.7 Å². The number of piperazine rings is 1. The first-order valence-electron chi connectivity index (χ1n) is 5.37. The lowest BCUT2D eigenvalue weighted by Gasteiger charge is -2.37. The fraction of sp³-hybridized carbons (Fsp3) is 0.636. The number of nitrogens with one attached hydrogen (secondary N) is 1. The van der Waals surface area contributed by atoms with Crippen LogP contribution in [-0.2, 0) is 9.59 Å². The molecule has 2 unspecified atom stereocenters. The lowest BCUT2D eigenvalue weighted by Crippen LogP contribution is -2.63. The van der Waals surface area contributed by atoms with E-state index in [1.165, 1.54) is 0 Å². The minimum Gasteiger partial charge on any atom is -0.343 e. The van der Waals surface area contributed by atoms with E-state index in [1.54, 1.807) is 17.9 Å². The van der Waals surface area contributed by atoms with Crippen LogP contribution in [0.25, 0.3) is 0 Å². The summed E-state index contributed by atoms with van der Waals surface area (Å²) < 4.78 is 0. The van der Waals surface area contributed by atoms with Crippen LogP contribution < -0.4 is 5.32 Å². The Morgan fingerprint density at radius 1 is 1.53 bits per heavy atom. The molecule has 0 spiro atoms. The van der Waals surface area contributed by atoms with Crippen LogP contribution in [0.3, 0.4) is 0 Å². The van der Waals surface area contributed by atoms with Crippen LogP contribution in [0, 0.1) is 5.92 Å². The summed E-state index contributed by atoms with van der Waals surface area (Å²) in [5.74, 6) is 0.360. The lowest BCUT2D eigenvalue weighted by atomic mass is 10.0. The van der Waals surface area contributed by atoms with E-state index >= 15 is 0 Å². The highest BCUT2D eigenvalue weighted by molar-refractivity contribution is 5.97. The average molecular weight is 208 g/mol. The first-order valence-corrected chi connectivity index (χ1v) is 5.37. The summed E-state index contributed by atoms with van der Waals surface area (Å²) >= 11 is 0. The van der Waals surface area contributed by atoms with Crippen LogP contribution in [0.5, 0.6) is 0 Å². The van der Waals surface area contributed by atoms with Crippen molar-refractivity contribution in [1.29, 1.82) is 0 Å². The Labute approximate surface area is 89.3 Å². The largest absolute Gasteiger partial charge is 0.343 e. The molecule has 1 aliphatic heterocycles. The zero-order valence-corrected chi connectivity index (χ0v) is 8.90. The van der Waals surface area contributed by atoms with Gasteiger partial charge in [0.05, 0.1) is 0 Å². The standard InChI is InChI=1S/C11H16N2O2/c1-3-6-13-9(8-4-5-8)10(14)12-7(2)11(13)15/h3,7-9H,1,4-6H2,2H3,(H,12,14). The van der Waals surface area contributed by atoms with Gasteiger partial charge in [0.25, 0.3) is 0 Å². The quantitative estimate of drug-likeness (QED) is 0.678. The lowest BCUT2D eigenvalue weighted by molar-refractivity contribution is -0.149. The maximum atomic E-state index is 11.9. The van der Waals surface area contributed by atoms with Crippen molar-refractivity contribution in [2.75, 3.05) is 6.54 Å². The van der Waals surface area contributed by atoms with E-state index in [9.17, 15) is 9.59 Å². The van der Waals surface area contributed by atoms with Crippen LogP contribution >= 0.6 is 0 Å². The van der Waals surface area contributed by atoms with Gasteiger partial charge in [0.2, 0.25) is 11.8 Å². The molecule has 15 heavy (non-hydrogen) atoms. The number of rotatable bonds is 3. The van der Waals surface area contributed by atoms with Gasteiger partial charge in [0, 0.05) is 6.54 Å². The van der Waals surface area contributed by atoms with E-state index in [0.717, 1.165) is 12.8 Å². The molecule has 2 atom stereocenters. The van der Waals surface area contributed by atoms with Gasteiger partial charge < -0.3 is 10.2 Å². The second-order valence-electron chi connectivity index (χ2n) is 4.29. The predicted molar refractivity (Wildman–Crippen MR) is 56.0 cm³/mol. The Bertz CT molecular complexity index is 310. The zero-order chi connectivity index (χ0) is 11.0. The first kappa shape index (κ1) is 10.2. The maximum absolute atomic E-state index is 11.9. The fourth-order valence-electron chi connectivity index (χ4n) is 2.11. The Morgan fingerprint density at radius 2 is 2.20 bits per heavy atom.